The van der Waals surface area contributed by atoms with Gasteiger partial charge in [-0.25, -0.2) is 0 Å². The van der Waals surface area contributed by atoms with E-state index < -0.39 is 0 Å². The van der Waals surface area contributed by atoms with E-state index in [0.29, 0.717) is 11.6 Å². The lowest BCUT2D eigenvalue weighted by atomic mass is 9.70. The summed E-state index contributed by atoms with van der Waals surface area (Å²) in [6.45, 7) is 5.71. The van der Waals surface area contributed by atoms with Gasteiger partial charge in [-0.05, 0) is 68.2 Å². The molecule has 20 heavy (non-hydrogen) atoms. The van der Waals surface area contributed by atoms with Gasteiger partial charge in [0.2, 0.25) is 0 Å². The minimum absolute atomic E-state index is 0.315. The van der Waals surface area contributed by atoms with Crippen LogP contribution in [0.1, 0.15) is 45.1 Å². The Morgan fingerprint density at radius 3 is 2.85 bits per heavy atom. The molecule has 0 aliphatic heterocycles. The van der Waals surface area contributed by atoms with Gasteiger partial charge < -0.3 is 10.2 Å². The third kappa shape index (κ3) is 3.44. The first-order chi connectivity index (χ1) is 9.58. The van der Waals surface area contributed by atoms with Crippen molar-refractivity contribution >= 4 is 11.3 Å². The van der Waals surface area contributed by atoms with Gasteiger partial charge in [0.25, 0.3) is 0 Å². The Hall–Kier alpha value is -0.380. The minimum atomic E-state index is 0.315. The Morgan fingerprint density at radius 2 is 2.30 bits per heavy atom. The first-order valence-electron chi connectivity index (χ1n) is 8.00. The molecule has 1 fully saturated rings. The Morgan fingerprint density at radius 1 is 1.50 bits per heavy atom. The minimum Gasteiger partial charge on any atom is -0.312 e. The second kappa shape index (κ2) is 7.06. The molecule has 1 saturated carbocycles. The summed E-state index contributed by atoms with van der Waals surface area (Å²) < 4.78 is 0. The summed E-state index contributed by atoms with van der Waals surface area (Å²) in [5.74, 6) is 0.842. The van der Waals surface area contributed by atoms with E-state index in [-0.39, 0.29) is 0 Å². The van der Waals surface area contributed by atoms with Crippen LogP contribution in [0.3, 0.4) is 0 Å². The summed E-state index contributed by atoms with van der Waals surface area (Å²) in [7, 11) is 4.55. The van der Waals surface area contributed by atoms with Crippen molar-refractivity contribution in [1.29, 1.82) is 0 Å². The van der Waals surface area contributed by atoms with Gasteiger partial charge in [-0.15, -0.1) is 0 Å². The average molecular weight is 295 g/mol. The molecule has 3 unspecified atom stereocenters. The molecule has 3 heteroatoms. The summed E-state index contributed by atoms with van der Waals surface area (Å²) >= 11 is 1.81. The molecule has 1 heterocycles. The molecule has 0 spiro atoms. The summed E-state index contributed by atoms with van der Waals surface area (Å²) in [6, 6.07) is 2.84. The molecule has 3 atom stereocenters. The van der Waals surface area contributed by atoms with E-state index in [1.807, 2.05) is 11.3 Å². The zero-order chi connectivity index (χ0) is 14.6. The second-order valence-electron chi connectivity index (χ2n) is 6.65. The largest absolute Gasteiger partial charge is 0.312 e. The molecule has 1 aliphatic carbocycles. The van der Waals surface area contributed by atoms with Gasteiger partial charge in [-0.1, -0.05) is 26.7 Å². The fourth-order valence-corrected chi connectivity index (χ4v) is 4.62. The maximum atomic E-state index is 3.80. The molecule has 0 bridgehead atoms. The summed E-state index contributed by atoms with van der Waals surface area (Å²) in [6.07, 6.45) is 6.56. The highest BCUT2D eigenvalue weighted by molar-refractivity contribution is 7.07. The van der Waals surface area contributed by atoms with Crippen LogP contribution in [0.5, 0.6) is 0 Å². The number of nitrogens with zero attached hydrogens (tertiary/aromatic N) is 1. The van der Waals surface area contributed by atoms with Crippen LogP contribution >= 0.6 is 11.3 Å². The number of hydrogen-bond donors (Lipinski definition) is 1. The highest BCUT2D eigenvalue weighted by Gasteiger charge is 2.43. The standard InChI is InChI=1S/C17H30N2S/c1-5-18-16(11-15-8-10-20-13-15)17(19(3)4)9-6-7-14(2)12-17/h8,10,13-14,16,18H,5-7,9,11-12H2,1-4H3. The van der Waals surface area contributed by atoms with Crippen molar-refractivity contribution in [2.45, 2.75) is 57.5 Å². The average Bonchev–Trinajstić information content (AvgIpc) is 2.91. The maximum absolute atomic E-state index is 3.80. The molecular formula is C17H30N2S. The van der Waals surface area contributed by atoms with Crippen molar-refractivity contribution in [3.05, 3.63) is 22.4 Å². The fourth-order valence-electron chi connectivity index (χ4n) is 3.94. The third-order valence-corrected chi connectivity index (χ3v) is 5.75. The van der Waals surface area contributed by atoms with E-state index in [1.54, 1.807) is 0 Å². The van der Waals surface area contributed by atoms with E-state index in [2.05, 4.69) is 55.0 Å². The smallest absolute Gasteiger partial charge is 0.0362 e. The molecule has 2 nitrogen and oxygen atoms in total. The lowest BCUT2D eigenvalue weighted by Gasteiger charge is -2.50. The zero-order valence-electron chi connectivity index (χ0n) is 13.5. The van der Waals surface area contributed by atoms with Crippen LogP contribution in [-0.2, 0) is 6.42 Å². The van der Waals surface area contributed by atoms with Crippen molar-refractivity contribution in [1.82, 2.24) is 10.2 Å². The van der Waals surface area contributed by atoms with Gasteiger partial charge >= 0.3 is 0 Å². The van der Waals surface area contributed by atoms with Crippen LogP contribution in [-0.4, -0.2) is 37.1 Å². The maximum Gasteiger partial charge on any atom is 0.0362 e. The van der Waals surface area contributed by atoms with Gasteiger partial charge in [0.1, 0.15) is 0 Å². The molecule has 1 N–H and O–H groups in total. The van der Waals surface area contributed by atoms with Crippen molar-refractivity contribution in [3.63, 3.8) is 0 Å². The molecule has 2 rings (SSSR count). The predicted molar refractivity (Wildman–Crippen MR) is 89.5 cm³/mol. The summed E-state index contributed by atoms with van der Waals surface area (Å²) in [4.78, 5) is 2.50. The first-order valence-corrected chi connectivity index (χ1v) is 8.94. The van der Waals surface area contributed by atoms with Gasteiger partial charge in [0.05, 0.1) is 0 Å². The summed E-state index contributed by atoms with van der Waals surface area (Å²) in [5.41, 5.74) is 1.80. The molecule has 0 saturated heterocycles. The second-order valence-corrected chi connectivity index (χ2v) is 7.43. The zero-order valence-corrected chi connectivity index (χ0v) is 14.3. The molecular weight excluding hydrogens is 264 g/mol. The molecule has 0 amide bonds. The number of nitrogens with one attached hydrogen (secondary N) is 1. The number of hydrogen-bond acceptors (Lipinski definition) is 3. The topological polar surface area (TPSA) is 15.3 Å². The lowest BCUT2D eigenvalue weighted by Crippen LogP contribution is -2.61. The molecule has 1 aromatic heterocycles. The van der Waals surface area contributed by atoms with Crippen molar-refractivity contribution < 1.29 is 0 Å². The number of thiophene rings is 1. The van der Waals surface area contributed by atoms with Crippen LogP contribution in [0.25, 0.3) is 0 Å². The number of likely N-dealkylation sites (N-methyl/N-ethyl adjacent to an activating group) is 2. The van der Waals surface area contributed by atoms with Crippen molar-refractivity contribution in [2.24, 2.45) is 5.92 Å². The van der Waals surface area contributed by atoms with E-state index >= 15 is 0 Å². The van der Waals surface area contributed by atoms with Crippen LogP contribution in [0.2, 0.25) is 0 Å². The highest BCUT2D eigenvalue weighted by Crippen LogP contribution is 2.39. The predicted octanol–water partition coefficient (Wildman–Crippen LogP) is 3.78. The van der Waals surface area contributed by atoms with Crippen molar-refractivity contribution in [2.75, 3.05) is 20.6 Å². The van der Waals surface area contributed by atoms with Gasteiger partial charge in [-0.3, -0.25) is 0 Å². The monoisotopic (exact) mass is 294 g/mol. The normalized spacial score (nSPS) is 28.8. The third-order valence-electron chi connectivity index (χ3n) is 5.02. The number of rotatable bonds is 6. The molecule has 1 aliphatic rings. The van der Waals surface area contributed by atoms with E-state index in [9.17, 15) is 0 Å². The van der Waals surface area contributed by atoms with Gasteiger partial charge in [-0.2, -0.15) is 11.3 Å². The molecule has 1 aromatic rings. The van der Waals surface area contributed by atoms with Crippen molar-refractivity contribution in [3.8, 4) is 0 Å². The van der Waals surface area contributed by atoms with Crippen LogP contribution in [0, 0.1) is 5.92 Å². The van der Waals surface area contributed by atoms with Crippen LogP contribution < -0.4 is 5.32 Å². The molecule has 0 radical (unpaired) electrons. The quantitative estimate of drug-likeness (QED) is 0.859. The Bertz CT molecular complexity index is 388. The summed E-state index contributed by atoms with van der Waals surface area (Å²) in [5, 5.41) is 8.30. The van der Waals surface area contributed by atoms with Gasteiger partial charge in [0.15, 0.2) is 0 Å². The fraction of sp³-hybridized carbons (Fsp3) is 0.765. The first kappa shape index (κ1) is 16.0. The van der Waals surface area contributed by atoms with Crippen LogP contribution in [0.4, 0.5) is 0 Å². The van der Waals surface area contributed by atoms with E-state index in [0.717, 1.165) is 18.9 Å². The highest BCUT2D eigenvalue weighted by atomic mass is 32.1. The Balaban J connectivity index is 2.22. The SMILES string of the molecule is CCNC(Cc1ccsc1)C1(N(C)C)CCCC(C)C1. The van der Waals surface area contributed by atoms with Gasteiger partial charge in [0, 0.05) is 11.6 Å². The lowest BCUT2D eigenvalue weighted by molar-refractivity contribution is 0.0379. The van der Waals surface area contributed by atoms with E-state index in [4.69, 9.17) is 0 Å². The molecule has 114 valence electrons. The Kier molecular flexibility index (Phi) is 5.65. The van der Waals surface area contributed by atoms with Crippen LogP contribution in [0.15, 0.2) is 16.8 Å². The molecule has 0 aromatic carbocycles. The Labute approximate surface area is 128 Å². The van der Waals surface area contributed by atoms with E-state index in [1.165, 1.54) is 31.2 Å².